The van der Waals surface area contributed by atoms with Gasteiger partial charge in [-0.15, -0.1) is 16.8 Å². The molecule has 6 nitrogen and oxygen atoms in total. The average Bonchev–Trinajstić information content (AvgIpc) is 3.00. The Morgan fingerprint density at radius 3 is 3.04 bits per heavy atom. The van der Waals surface area contributed by atoms with E-state index in [0.717, 1.165) is 0 Å². The molecule has 0 aliphatic carbocycles. The van der Waals surface area contributed by atoms with E-state index < -0.39 is 0 Å². The lowest BCUT2D eigenvalue weighted by atomic mass is 10.2. The molecule has 1 unspecified atom stereocenters. The number of halogens is 1. The van der Waals surface area contributed by atoms with Crippen LogP contribution in [0.5, 0.6) is 0 Å². The van der Waals surface area contributed by atoms with Crippen molar-refractivity contribution in [2.75, 3.05) is 17.2 Å². The summed E-state index contributed by atoms with van der Waals surface area (Å²) in [6.45, 7) is 6.01. The number of rotatable bonds is 7. The lowest BCUT2D eigenvalue weighted by Gasteiger charge is -2.10. The Balaban J connectivity index is 1.94. The topological polar surface area (TPSA) is 90.7 Å². The van der Waals surface area contributed by atoms with Gasteiger partial charge in [0.2, 0.25) is 11.0 Å². The molecule has 24 heavy (non-hydrogen) atoms. The minimum Gasteiger partial charge on any atom is -0.357 e. The molecule has 1 heterocycles. The van der Waals surface area contributed by atoms with Gasteiger partial charge < -0.3 is 10.6 Å². The van der Waals surface area contributed by atoms with Crippen LogP contribution in [0.1, 0.15) is 12.5 Å². The summed E-state index contributed by atoms with van der Waals surface area (Å²) in [5.41, 5.74) is 0.910. The van der Waals surface area contributed by atoms with Gasteiger partial charge in [0.1, 0.15) is 6.07 Å². The van der Waals surface area contributed by atoms with Gasteiger partial charge in [-0.3, -0.25) is 4.79 Å². The van der Waals surface area contributed by atoms with E-state index in [9.17, 15) is 4.79 Å². The highest BCUT2D eigenvalue weighted by molar-refractivity contribution is 8.02. The molecule has 2 rings (SSSR count). The zero-order valence-electron chi connectivity index (χ0n) is 12.7. The number of benzene rings is 1. The lowest BCUT2D eigenvalue weighted by molar-refractivity contribution is -0.115. The number of nitrogens with one attached hydrogen (secondary N) is 2. The summed E-state index contributed by atoms with van der Waals surface area (Å²) in [5.74, 6) is -0.184. The van der Waals surface area contributed by atoms with E-state index in [1.807, 2.05) is 6.07 Å². The van der Waals surface area contributed by atoms with Crippen LogP contribution in [0.2, 0.25) is 5.02 Å². The van der Waals surface area contributed by atoms with Gasteiger partial charge in [0, 0.05) is 12.2 Å². The molecule has 1 atom stereocenters. The number of hydrogen-bond acceptors (Lipinski definition) is 7. The second kappa shape index (κ2) is 8.68. The van der Waals surface area contributed by atoms with Gasteiger partial charge in [-0.2, -0.15) is 5.26 Å². The number of nitrogens with zero attached hydrogens (tertiary/aromatic N) is 3. The minimum atomic E-state index is -0.361. The van der Waals surface area contributed by atoms with E-state index in [4.69, 9.17) is 16.9 Å². The zero-order valence-corrected chi connectivity index (χ0v) is 15.1. The summed E-state index contributed by atoms with van der Waals surface area (Å²) in [7, 11) is 0. The quantitative estimate of drug-likeness (QED) is 0.562. The molecule has 9 heteroatoms. The maximum atomic E-state index is 12.2. The highest BCUT2D eigenvalue weighted by atomic mass is 35.5. The Labute approximate surface area is 152 Å². The molecule has 0 saturated carbocycles. The number of carbonyl (C=O) groups excluding carboxylic acids is 1. The van der Waals surface area contributed by atoms with Crippen molar-refractivity contribution in [3.63, 3.8) is 0 Å². The van der Waals surface area contributed by atoms with Crippen LogP contribution in [0.4, 0.5) is 10.8 Å². The van der Waals surface area contributed by atoms with E-state index in [1.165, 1.54) is 23.1 Å². The minimum absolute atomic E-state index is 0.184. The molecule has 0 radical (unpaired) electrons. The predicted octanol–water partition coefficient (Wildman–Crippen LogP) is 3.78. The van der Waals surface area contributed by atoms with Crippen LogP contribution < -0.4 is 10.6 Å². The van der Waals surface area contributed by atoms with Crippen molar-refractivity contribution in [1.29, 1.82) is 5.26 Å². The summed E-state index contributed by atoms with van der Waals surface area (Å²) in [4.78, 5) is 12.2. The Bertz CT molecular complexity index is 786. The van der Waals surface area contributed by atoms with E-state index >= 15 is 0 Å². The van der Waals surface area contributed by atoms with Gasteiger partial charge in [-0.05, 0) is 25.1 Å². The monoisotopic (exact) mass is 379 g/mol. The van der Waals surface area contributed by atoms with Crippen LogP contribution in [0.3, 0.4) is 0 Å². The molecule has 1 aromatic carbocycles. The number of amides is 1. The van der Waals surface area contributed by atoms with Crippen LogP contribution in [0.25, 0.3) is 0 Å². The molecule has 2 N–H and O–H groups in total. The van der Waals surface area contributed by atoms with E-state index in [0.29, 0.717) is 32.3 Å². The highest BCUT2D eigenvalue weighted by Gasteiger charge is 2.17. The fourth-order valence-corrected chi connectivity index (χ4v) is 3.75. The normalized spacial score (nSPS) is 11.4. The SMILES string of the molecule is C=CCNc1nnc(SC(C)C(=O)Nc2ccc(C#N)c(Cl)c2)s1. The van der Waals surface area contributed by atoms with Crippen molar-refractivity contribution in [3.8, 4) is 6.07 Å². The first-order valence-electron chi connectivity index (χ1n) is 6.89. The van der Waals surface area contributed by atoms with Crippen molar-refractivity contribution in [2.24, 2.45) is 0 Å². The van der Waals surface area contributed by atoms with Crippen LogP contribution >= 0.6 is 34.7 Å². The average molecular weight is 380 g/mol. The molecule has 0 aliphatic rings. The van der Waals surface area contributed by atoms with Crippen LogP contribution in [-0.2, 0) is 4.79 Å². The number of aromatic nitrogens is 2. The van der Waals surface area contributed by atoms with E-state index in [-0.39, 0.29) is 11.2 Å². The fraction of sp³-hybridized carbons (Fsp3) is 0.200. The zero-order chi connectivity index (χ0) is 17.5. The number of hydrogen-bond donors (Lipinski definition) is 2. The molecule has 2 aromatic rings. The Morgan fingerprint density at radius 2 is 2.38 bits per heavy atom. The molecule has 0 aliphatic heterocycles. The summed E-state index contributed by atoms with van der Waals surface area (Å²) in [5, 5.41) is 23.3. The third-order valence-electron chi connectivity index (χ3n) is 2.81. The van der Waals surface area contributed by atoms with Gasteiger partial charge >= 0.3 is 0 Å². The van der Waals surface area contributed by atoms with Crippen LogP contribution in [-0.4, -0.2) is 27.9 Å². The number of anilines is 2. The maximum absolute atomic E-state index is 12.2. The maximum Gasteiger partial charge on any atom is 0.237 e. The lowest BCUT2D eigenvalue weighted by Crippen LogP contribution is -2.22. The first-order chi connectivity index (χ1) is 11.5. The molecule has 0 spiro atoms. The molecular formula is C15H14ClN5OS2. The molecule has 1 amide bonds. The van der Waals surface area contributed by atoms with Crippen molar-refractivity contribution in [1.82, 2.24) is 10.2 Å². The van der Waals surface area contributed by atoms with Crippen molar-refractivity contribution >= 4 is 51.4 Å². The third kappa shape index (κ3) is 4.96. The van der Waals surface area contributed by atoms with E-state index in [1.54, 1.807) is 31.2 Å². The third-order valence-corrected chi connectivity index (χ3v) is 5.19. The molecule has 0 saturated heterocycles. The summed E-state index contributed by atoms with van der Waals surface area (Å²) >= 11 is 8.65. The Morgan fingerprint density at radius 1 is 1.58 bits per heavy atom. The number of carbonyl (C=O) groups is 1. The van der Waals surface area contributed by atoms with Gasteiger partial charge in [0.05, 0.1) is 15.8 Å². The molecule has 0 bridgehead atoms. The summed E-state index contributed by atoms with van der Waals surface area (Å²) < 4.78 is 0.696. The van der Waals surface area contributed by atoms with Crippen molar-refractivity contribution in [3.05, 3.63) is 41.4 Å². The second-order valence-corrected chi connectivity index (χ2v) is 7.57. The van der Waals surface area contributed by atoms with Crippen LogP contribution in [0.15, 0.2) is 35.2 Å². The molecule has 1 aromatic heterocycles. The first kappa shape index (κ1) is 18.3. The molecular weight excluding hydrogens is 366 g/mol. The first-order valence-corrected chi connectivity index (χ1v) is 8.96. The largest absolute Gasteiger partial charge is 0.357 e. The van der Waals surface area contributed by atoms with E-state index in [2.05, 4.69) is 27.4 Å². The summed E-state index contributed by atoms with van der Waals surface area (Å²) in [6.07, 6.45) is 1.73. The van der Waals surface area contributed by atoms with Crippen LogP contribution in [0, 0.1) is 11.3 Å². The second-order valence-electron chi connectivity index (χ2n) is 4.60. The Kier molecular flexibility index (Phi) is 6.61. The van der Waals surface area contributed by atoms with Crippen molar-refractivity contribution in [2.45, 2.75) is 16.5 Å². The fourth-order valence-electron chi connectivity index (χ4n) is 1.62. The Hall–Kier alpha value is -2.08. The van der Waals surface area contributed by atoms with Gasteiger partial charge in [-0.1, -0.05) is 40.8 Å². The summed E-state index contributed by atoms with van der Waals surface area (Å²) in [6, 6.07) is 6.73. The van der Waals surface area contributed by atoms with Gasteiger partial charge in [-0.25, -0.2) is 0 Å². The van der Waals surface area contributed by atoms with Gasteiger partial charge in [0.15, 0.2) is 4.34 Å². The molecule has 0 fully saturated rings. The highest BCUT2D eigenvalue weighted by Crippen LogP contribution is 2.29. The smallest absolute Gasteiger partial charge is 0.237 e. The molecule has 124 valence electrons. The number of thioether (sulfide) groups is 1. The van der Waals surface area contributed by atoms with Crippen molar-refractivity contribution < 1.29 is 4.79 Å². The van der Waals surface area contributed by atoms with Gasteiger partial charge in [0.25, 0.3) is 0 Å². The standard InChI is InChI=1S/C15H14ClN5OS2/c1-3-6-18-14-20-21-15(24-14)23-9(2)13(22)19-11-5-4-10(8-17)12(16)7-11/h3-5,7,9H,1,6H2,2H3,(H,18,20)(H,19,22). The predicted molar refractivity (Wildman–Crippen MR) is 98.7 cm³/mol. The number of nitriles is 1.